The quantitative estimate of drug-likeness (QED) is 0.223. The molecular weight excluding hydrogens is 611 g/mol. The molecule has 2 heterocycles. The van der Waals surface area contributed by atoms with Gasteiger partial charge in [0.25, 0.3) is 0 Å². The van der Waals surface area contributed by atoms with E-state index in [0.29, 0.717) is 0 Å². The van der Waals surface area contributed by atoms with E-state index in [4.69, 9.17) is 17.0 Å². The van der Waals surface area contributed by atoms with Gasteiger partial charge in [-0.3, -0.25) is 0 Å². The van der Waals surface area contributed by atoms with E-state index >= 15 is 0 Å². The molecule has 0 saturated heterocycles. The molecule has 6 rings (SSSR count). The summed E-state index contributed by atoms with van der Waals surface area (Å²) in [7, 11) is 20.4. The van der Waals surface area contributed by atoms with E-state index in [-0.39, 0.29) is 7.25 Å². The second-order valence-electron chi connectivity index (χ2n) is 11.2. The van der Waals surface area contributed by atoms with Crippen molar-refractivity contribution in [1.82, 2.24) is 30.0 Å². The number of fused-ring (bicyclic) bond motifs is 2. The molecule has 38 heavy (non-hydrogen) atoms. The van der Waals surface area contributed by atoms with Crippen molar-refractivity contribution in [3.05, 3.63) is 82.2 Å². The molecular formula is C28H31Cl2N6SiZr. The number of allylic oxidation sites excluding steroid dienone is 2. The predicted molar refractivity (Wildman–Crippen MR) is 156 cm³/mol. The molecule has 2 aromatic carbocycles. The molecule has 0 spiro atoms. The fourth-order valence-electron chi connectivity index (χ4n) is 6.79. The summed E-state index contributed by atoms with van der Waals surface area (Å²) in [6.45, 7) is 9.15. The number of aromatic nitrogens is 6. The summed E-state index contributed by atoms with van der Waals surface area (Å²) in [6, 6.07) is 12.9. The van der Waals surface area contributed by atoms with Crippen LogP contribution in [0.5, 0.6) is 0 Å². The Balaban J connectivity index is 1.55. The Morgan fingerprint density at radius 3 is 1.50 bits per heavy atom. The van der Waals surface area contributed by atoms with E-state index in [1.807, 2.05) is 26.5 Å². The Hall–Kier alpha value is -2.12. The topological polar surface area (TPSA) is 61.4 Å². The van der Waals surface area contributed by atoms with Crippen LogP contribution in [0, 0.1) is 0 Å². The first-order chi connectivity index (χ1) is 18.0. The first-order valence-corrected chi connectivity index (χ1v) is 29.2. The molecule has 2 aliphatic carbocycles. The zero-order valence-corrected chi connectivity index (χ0v) is 27.6. The van der Waals surface area contributed by atoms with Crippen molar-refractivity contribution in [2.45, 2.75) is 34.2 Å². The second-order valence-corrected chi connectivity index (χ2v) is 53.7. The van der Waals surface area contributed by atoms with Gasteiger partial charge >= 0.3 is 234 Å². The van der Waals surface area contributed by atoms with E-state index in [9.17, 15) is 0 Å². The Morgan fingerprint density at radius 2 is 1.16 bits per heavy atom. The zero-order chi connectivity index (χ0) is 27.0. The molecule has 0 radical (unpaired) electrons. The van der Waals surface area contributed by atoms with Crippen molar-refractivity contribution in [2.24, 2.45) is 14.1 Å². The normalized spacial score (nSPS) is 19.7. The van der Waals surface area contributed by atoms with Crippen LogP contribution in [0.25, 0.3) is 34.7 Å². The van der Waals surface area contributed by atoms with Crippen molar-refractivity contribution in [2.75, 3.05) is 0 Å². The fraction of sp³-hybridized carbons (Fsp3) is 0.286. The molecule has 2 aromatic heterocycles. The first-order valence-electron chi connectivity index (χ1n) is 12.9. The average molecular weight is 642 g/mol. The van der Waals surface area contributed by atoms with Crippen LogP contribution in [0.15, 0.2) is 59.9 Å². The van der Waals surface area contributed by atoms with Crippen LogP contribution in [0.4, 0.5) is 0 Å². The molecule has 4 aromatic rings. The SMILES string of the molecule is CC1=Cc2c(-c3cn(C)nn3)cccc2[CH]1[Zr]([Cl])([Cl])([CH]1C(C)=Cc2c(-c3cn(C)nn3)cccc21)[SiH](C)C. The van der Waals surface area contributed by atoms with Crippen LogP contribution in [0.1, 0.15) is 43.4 Å². The summed E-state index contributed by atoms with van der Waals surface area (Å²) in [6.07, 6.45) is 8.52. The molecule has 195 valence electrons. The van der Waals surface area contributed by atoms with Crippen LogP contribution < -0.4 is 0 Å². The summed E-state index contributed by atoms with van der Waals surface area (Å²) in [5, 5.41) is 17.2. The minimum atomic E-state index is -4.70. The first kappa shape index (κ1) is 26.1. The molecule has 2 aliphatic rings. The van der Waals surface area contributed by atoms with Gasteiger partial charge in [-0.25, -0.2) is 0 Å². The van der Waals surface area contributed by atoms with Gasteiger partial charge in [0, 0.05) is 0 Å². The van der Waals surface area contributed by atoms with E-state index in [0.717, 1.165) is 22.5 Å². The number of aryl methyl sites for hydroxylation is 2. The van der Waals surface area contributed by atoms with Gasteiger partial charge < -0.3 is 0 Å². The van der Waals surface area contributed by atoms with E-state index in [1.54, 1.807) is 9.36 Å². The monoisotopic (exact) mass is 639 g/mol. The third-order valence-corrected chi connectivity index (χ3v) is 60.8. The van der Waals surface area contributed by atoms with Gasteiger partial charge in [-0.1, -0.05) is 0 Å². The minimum absolute atomic E-state index is 0.0394. The maximum atomic E-state index is 8.28. The summed E-state index contributed by atoms with van der Waals surface area (Å²) in [4.78, 5) is 0. The summed E-state index contributed by atoms with van der Waals surface area (Å²) in [5.41, 5.74) is 11.3. The van der Waals surface area contributed by atoms with Gasteiger partial charge in [0.2, 0.25) is 0 Å². The molecule has 0 aliphatic heterocycles. The Labute approximate surface area is 232 Å². The van der Waals surface area contributed by atoms with Crippen LogP contribution in [0.2, 0.25) is 13.1 Å². The van der Waals surface area contributed by atoms with Gasteiger partial charge in [0.05, 0.1) is 0 Å². The van der Waals surface area contributed by atoms with Crippen molar-refractivity contribution in [3.63, 3.8) is 0 Å². The van der Waals surface area contributed by atoms with E-state index < -0.39 is 21.5 Å². The standard InChI is InChI=1S/2C13H12N3.C2H7Si.2ClH.Zr/c2*1-9-6-10-4-3-5-11(12(10)7-9)13-8-16(2)15-14-13;1-3-2;;;/h2*3-8H,1-2H3;3H,1-2H3;2*1H;/q;;;;;+2/p-2. The molecule has 0 fully saturated rings. The van der Waals surface area contributed by atoms with Gasteiger partial charge in [0.1, 0.15) is 0 Å². The maximum absolute atomic E-state index is 8.28. The summed E-state index contributed by atoms with van der Waals surface area (Å²) < 4.78 is 3.56. The van der Waals surface area contributed by atoms with Crippen molar-refractivity contribution in [1.29, 1.82) is 0 Å². The average Bonchev–Trinajstić information content (AvgIpc) is 3.63. The van der Waals surface area contributed by atoms with Gasteiger partial charge in [-0.05, 0) is 0 Å². The van der Waals surface area contributed by atoms with E-state index in [2.05, 4.69) is 96.1 Å². The fourth-order valence-corrected chi connectivity index (χ4v) is 39.7. The molecule has 2 unspecified atom stereocenters. The van der Waals surface area contributed by atoms with E-state index in [1.165, 1.54) is 33.4 Å². The third kappa shape index (κ3) is 3.67. The van der Waals surface area contributed by atoms with Crippen LogP contribution in [-0.4, -0.2) is 35.9 Å². The van der Waals surface area contributed by atoms with Gasteiger partial charge in [-0.2, -0.15) is 0 Å². The zero-order valence-electron chi connectivity index (χ0n) is 22.4. The number of nitrogens with zero attached hydrogens (tertiary/aromatic N) is 6. The van der Waals surface area contributed by atoms with Crippen molar-refractivity contribution >= 4 is 35.1 Å². The number of hydrogen-bond acceptors (Lipinski definition) is 4. The predicted octanol–water partition coefficient (Wildman–Crippen LogP) is 6.87. The number of halogens is 2. The number of benzene rings is 2. The second kappa shape index (κ2) is 8.95. The van der Waals surface area contributed by atoms with Crippen molar-refractivity contribution in [3.8, 4) is 22.5 Å². The van der Waals surface area contributed by atoms with Crippen LogP contribution >= 0.6 is 17.0 Å². The summed E-state index contributed by atoms with van der Waals surface area (Å²) >= 11 is -4.70. The Bertz CT molecular complexity index is 1550. The molecule has 0 bridgehead atoms. The molecule has 0 saturated carbocycles. The van der Waals surface area contributed by atoms with Crippen LogP contribution in [-0.2, 0) is 29.7 Å². The van der Waals surface area contributed by atoms with Gasteiger partial charge in [-0.15, -0.1) is 0 Å². The number of hydrogen-bond donors (Lipinski definition) is 0. The molecule has 0 N–H and O–H groups in total. The van der Waals surface area contributed by atoms with Crippen LogP contribution in [0.3, 0.4) is 0 Å². The molecule has 6 nitrogen and oxygen atoms in total. The third-order valence-electron chi connectivity index (χ3n) is 8.52. The Morgan fingerprint density at radius 1 is 0.737 bits per heavy atom. The Kier molecular flexibility index (Phi) is 6.15. The molecule has 2 atom stereocenters. The van der Waals surface area contributed by atoms with Gasteiger partial charge in [0.15, 0.2) is 0 Å². The van der Waals surface area contributed by atoms with Crippen molar-refractivity contribution < 1.29 is 15.6 Å². The molecule has 0 amide bonds. The summed E-state index contributed by atoms with van der Waals surface area (Å²) in [5.74, 6) is -1.59. The molecule has 10 heteroatoms. The number of rotatable bonds is 5.